The minimum Gasteiger partial charge on any atom is -0.354 e. The van der Waals surface area contributed by atoms with Gasteiger partial charge in [0.05, 0.1) is 11.2 Å². The van der Waals surface area contributed by atoms with Gasteiger partial charge in [0.1, 0.15) is 5.69 Å². The average Bonchev–Trinajstić information content (AvgIpc) is 3.28. The Morgan fingerprint density at radius 1 is 1.17 bits per heavy atom. The van der Waals surface area contributed by atoms with Gasteiger partial charge in [0.15, 0.2) is 5.69 Å². The van der Waals surface area contributed by atoms with Gasteiger partial charge >= 0.3 is 0 Å². The molecule has 0 bridgehead atoms. The highest BCUT2D eigenvalue weighted by molar-refractivity contribution is 6.05. The van der Waals surface area contributed by atoms with E-state index in [-0.39, 0.29) is 5.91 Å². The van der Waals surface area contributed by atoms with Crippen LogP contribution in [0.5, 0.6) is 0 Å². The lowest BCUT2D eigenvalue weighted by molar-refractivity contribution is 0.0959. The SMILES string of the molecule is CNC(=O)c1n[nH]c2ccc(-c3c[nH]nc3-c3ccccn3)cc12. The Kier molecular flexibility index (Phi) is 3.31. The number of carbonyl (C=O) groups is 1. The maximum Gasteiger partial charge on any atom is 0.272 e. The van der Waals surface area contributed by atoms with E-state index in [2.05, 4.69) is 30.7 Å². The molecule has 1 amide bonds. The summed E-state index contributed by atoms with van der Waals surface area (Å²) < 4.78 is 0. The fourth-order valence-electron chi connectivity index (χ4n) is 2.68. The Bertz CT molecular complexity index is 1020. The molecule has 0 aliphatic rings. The first-order valence-corrected chi connectivity index (χ1v) is 7.43. The van der Waals surface area contributed by atoms with Gasteiger partial charge < -0.3 is 5.32 Å². The Hall–Kier alpha value is -3.48. The molecule has 0 aliphatic heterocycles. The van der Waals surface area contributed by atoms with Crippen LogP contribution in [0.2, 0.25) is 0 Å². The standard InChI is InChI=1S/C17H14N6O/c1-18-17(24)16-11-8-10(5-6-13(11)21-23-16)12-9-20-22-15(12)14-4-2-3-7-19-14/h2-9H,1H3,(H,18,24)(H,20,22)(H,21,23). The van der Waals surface area contributed by atoms with Crippen LogP contribution in [0.4, 0.5) is 0 Å². The van der Waals surface area contributed by atoms with Crippen molar-refractivity contribution in [2.75, 3.05) is 7.05 Å². The second-order valence-electron chi connectivity index (χ2n) is 5.27. The summed E-state index contributed by atoms with van der Waals surface area (Å²) in [7, 11) is 1.59. The number of nitrogens with one attached hydrogen (secondary N) is 3. The van der Waals surface area contributed by atoms with Crippen molar-refractivity contribution in [3.05, 3.63) is 54.5 Å². The molecule has 7 nitrogen and oxygen atoms in total. The molecule has 3 aromatic heterocycles. The third-order valence-corrected chi connectivity index (χ3v) is 3.86. The number of pyridine rings is 1. The summed E-state index contributed by atoms with van der Waals surface area (Å²) in [6.07, 6.45) is 3.56. The number of nitrogens with zero attached hydrogens (tertiary/aromatic N) is 3. The van der Waals surface area contributed by atoms with Crippen LogP contribution in [0.3, 0.4) is 0 Å². The molecule has 4 aromatic rings. The van der Waals surface area contributed by atoms with Crippen LogP contribution < -0.4 is 5.32 Å². The van der Waals surface area contributed by atoms with Gasteiger partial charge in [0.25, 0.3) is 5.91 Å². The largest absolute Gasteiger partial charge is 0.354 e. The fourth-order valence-corrected chi connectivity index (χ4v) is 2.68. The van der Waals surface area contributed by atoms with Gasteiger partial charge in [0.2, 0.25) is 0 Å². The molecule has 3 N–H and O–H groups in total. The Balaban J connectivity index is 1.86. The summed E-state index contributed by atoms with van der Waals surface area (Å²) in [6.45, 7) is 0. The van der Waals surface area contributed by atoms with Crippen molar-refractivity contribution in [2.45, 2.75) is 0 Å². The summed E-state index contributed by atoms with van der Waals surface area (Å²) in [5.74, 6) is -0.226. The molecule has 7 heteroatoms. The van der Waals surface area contributed by atoms with Gasteiger partial charge in [-0.3, -0.25) is 20.0 Å². The number of rotatable bonds is 3. The van der Waals surface area contributed by atoms with Gasteiger partial charge in [-0.25, -0.2) is 0 Å². The van der Waals surface area contributed by atoms with E-state index in [4.69, 9.17) is 0 Å². The third kappa shape index (κ3) is 2.23. The molecular formula is C17H14N6O. The van der Waals surface area contributed by atoms with E-state index in [9.17, 15) is 4.79 Å². The van der Waals surface area contributed by atoms with Crippen molar-refractivity contribution >= 4 is 16.8 Å². The molecule has 0 radical (unpaired) electrons. The van der Waals surface area contributed by atoms with Gasteiger partial charge in [-0.1, -0.05) is 12.1 Å². The van der Waals surface area contributed by atoms with Gasteiger partial charge in [-0.15, -0.1) is 0 Å². The molecule has 0 unspecified atom stereocenters. The van der Waals surface area contributed by atoms with Crippen LogP contribution in [0, 0.1) is 0 Å². The molecular weight excluding hydrogens is 304 g/mol. The number of aromatic nitrogens is 5. The molecule has 0 fully saturated rings. The molecule has 118 valence electrons. The monoisotopic (exact) mass is 318 g/mol. The van der Waals surface area contributed by atoms with Crippen molar-refractivity contribution in [1.29, 1.82) is 0 Å². The minimum absolute atomic E-state index is 0.226. The van der Waals surface area contributed by atoms with Crippen LogP contribution in [0.15, 0.2) is 48.8 Å². The zero-order chi connectivity index (χ0) is 16.5. The van der Waals surface area contributed by atoms with Crippen LogP contribution in [0.1, 0.15) is 10.5 Å². The lowest BCUT2D eigenvalue weighted by Crippen LogP contribution is -2.18. The van der Waals surface area contributed by atoms with Crippen LogP contribution in [-0.2, 0) is 0 Å². The van der Waals surface area contributed by atoms with E-state index < -0.39 is 0 Å². The minimum atomic E-state index is -0.226. The first-order chi connectivity index (χ1) is 11.8. The van der Waals surface area contributed by atoms with Crippen LogP contribution in [0.25, 0.3) is 33.4 Å². The Morgan fingerprint density at radius 3 is 2.88 bits per heavy atom. The highest BCUT2D eigenvalue weighted by Gasteiger charge is 2.16. The number of hydrogen-bond donors (Lipinski definition) is 3. The van der Waals surface area contributed by atoms with Crippen molar-refractivity contribution in [3.63, 3.8) is 0 Å². The molecule has 4 rings (SSSR count). The third-order valence-electron chi connectivity index (χ3n) is 3.86. The smallest absolute Gasteiger partial charge is 0.272 e. The summed E-state index contributed by atoms with van der Waals surface area (Å²) in [6, 6.07) is 11.5. The van der Waals surface area contributed by atoms with Gasteiger partial charge in [0, 0.05) is 30.4 Å². The van der Waals surface area contributed by atoms with E-state index in [0.29, 0.717) is 5.69 Å². The number of aromatic amines is 2. The van der Waals surface area contributed by atoms with E-state index in [0.717, 1.165) is 33.4 Å². The first kappa shape index (κ1) is 14.1. The number of H-pyrrole nitrogens is 2. The van der Waals surface area contributed by atoms with Crippen LogP contribution >= 0.6 is 0 Å². The highest BCUT2D eigenvalue weighted by Crippen LogP contribution is 2.31. The number of benzene rings is 1. The summed E-state index contributed by atoms with van der Waals surface area (Å²) in [5.41, 5.74) is 4.58. The molecule has 0 atom stereocenters. The van der Waals surface area contributed by atoms with Gasteiger partial charge in [-0.05, 0) is 29.8 Å². The lowest BCUT2D eigenvalue weighted by atomic mass is 10.0. The zero-order valence-electron chi connectivity index (χ0n) is 12.9. The van der Waals surface area contributed by atoms with E-state index in [1.165, 1.54) is 0 Å². The molecule has 0 spiro atoms. The molecule has 0 saturated carbocycles. The number of fused-ring (bicyclic) bond motifs is 1. The fraction of sp³-hybridized carbons (Fsp3) is 0.0588. The second-order valence-corrected chi connectivity index (χ2v) is 5.27. The normalized spacial score (nSPS) is 10.9. The Labute approximate surface area is 137 Å². The zero-order valence-corrected chi connectivity index (χ0v) is 12.9. The maximum absolute atomic E-state index is 12.0. The van der Waals surface area contributed by atoms with Crippen molar-refractivity contribution in [1.82, 2.24) is 30.7 Å². The topological polar surface area (TPSA) is 99.3 Å². The quantitative estimate of drug-likeness (QED) is 0.540. The summed E-state index contributed by atoms with van der Waals surface area (Å²) in [5, 5.41) is 17.5. The van der Waals surface area contributed by atoms with Crippen molar-refractivity contribution in [2.24, 2.45) is 0 Å². The number of carbonyl (C=O) groups excluding carboxylic acids is 1. The second kappa shape index (κ2) is 5.62. The van der Waals surface area contributed by atoms with E-state index in [1.54, 1.807) is 13.2 Å². The maximum atomic E-state index is 12.0. The van der Waals surface area contributed by atoms with Crippen molar-refractivity contribution in [3.8, 4) is 22.5 Å². The lowest BCUT2D eigenvalue weighted by Gasteiger charge is -2.03. The van der Waals surface area contributed by atoms with E-state index in [1.807, 2.05) is 42.6 Å². The van der Waals surface area contributed by atoms with E-state index >= 15 is 0 Å². The Morgan fingerprint density at radius 2 is 2.08 bits per heavy atom. The van der Waals surface area contributed by atoms with Gasteiger partial charge in [-0.2, -0.15) is 10.2 Å². The number of hydrogen-bond acceptors (Lipinski definition) is 4. The molecule has 24 heavy (non-hydrogen) atoms. The summed E-state index contributed by atoms with van der Waals surface area (Å²) in [4.78, 5) is 16.3. The number of amides is 1. The predicted molar refractivity (Wildman–Crippen MR) is 90.3 cm³/mol. The first-order valence-electron chi connectivity index (χ1n) is 7.43. The predicted octanol–water partition coefficient (Wildman–Crippen LogP) is 2.37. The average molecular weight is 318 g/mol. The van der Waals surface area contributed by atoms with Crippen LogP contribution in [-0.4, -0.2) is 38.3 Å². The van der Waals surface area contributed by atoms with Crippen molar-refractivity contribution < 1.29 is 4.79 Å². The molecule has 3 heterocycles. The molecule has 0 aliphatic carbocycles. The molecule has 0 saturated heterocycles. The summed E-state index contributed by atoms with van der Waals surface area (Å²) >= 11 is 0. The molecule has 1 aromatic carbocycles. The highest BCUT2D eigenvalue weighted by atomic mass is 16.1.